The van der Waals surface area contributed by atoms with Gasteiger partial charge in [0.15, 0.2) is 6.39 Å². The molecule has 0 spiro atoms. The van der Waals surface area contributed by atoms with E-state index in [4.69, 9.17) is 10.2 Å². The van der Waals surface area contributed by atoms with Gasteiger partial charge < -0.3 is 20.2 Å². The number of carbonyl (C=O) groups excluding carboxylic acids is 1. The Morgan fingerprint density at radius 3 is 2.91 bits per heavy atom. The average Bonchev–Trinajstić information content (AvgIpc) is 3.01. The predicted molar refractivity (Wildman–Crippen MR) is 81.2 cm³/mol. The number of aryl methyl sites for hydroxylation is 1. The third kappa shape index (κ3) is 2.25. The number of aliphatic hydroxyl groups excluding tert-OH is 1. The van der Waals surface area contributed by atoms with Crippen molar-refractivity contribution in [2.75, 3.05) is 6.54 Å². The number of nitrogens with two attached hydrogens (primary N) is 1. The summed E-state index contributed by atoms with van der Waals surface area (Å²) in [5.74, 6) is 0.148. The normalized spacial score (nSPS) is 35.3. The van der Waals surface area contributed by atoms with Gasteiger partial charge in [0.25, 0.3) is 5.91 Å². The Morgan fingerprint density at radius 2 is 2.27 bits per heavy atom. The molecule has 2 aliphatic rings. The maximum Gasteiger partial charge on any atom is 0.292 e. The Labute approximate surface area is 130 Å². The van der Waals surface area contributed by atoms with Crippen LogP contribution in [-0.2, 0) is 0 Å². The molecular weight excluding hydrogens is 282 g/mol. The molecule has 0 unspecified atom stereocenters. The van der Waals surface area contributed by atoms with E-state index in [1.807, 2.05) is 4.90 Å². The number of nitrogens with zero attached hydrogens (tertiary/aromatic N) is 2. The topological polar surface area (TPSA) is 92.6 Å². The molecule has 122 valence electrons. The number of rotatable bonds is 2. The molecule has 2 heterocycles. The van der Waals surface area contributed by atoms with Crippen LogP contribution in [0.4, 0.5) is 0 Å². The zero-order valence-electron chi connectivity index (χ0n) is 13.3. The van der Waals surface area contributed by atoms with Crippen molar-refractivity contribution in [3.05, 3.63) is 17.8 Å². The van der Waals surface area contributed by atoms with Crippen molar-refractivity contribution < 1.29 is 14.3 Å². The predicted octanol–water partition coefficient (Wildman–Crippen LogP) is 1.47. The van der Waals surface area contributed by atoms with Gasteiger partial charge in [-0.2, -0.15) is 0 Å². The zero-order chi connectivity index (χ0) is 15.9. The molecule has 1 aromatic heterocycles. The number of carbonyl (C=O) groups is 1. The Kier molecular flexibility index (Phi) is 3.99. The first-order chi connectivity index (χ1) is 10.5. The van der Waals surface area contributed by atoms with Gasteiger partial charge in [-0.15, -0.1) is 0 Å². The van der Waals surface area contributed by atoms with E-state index >= 15 is 0 Å². The Hall–Kier alpha value is -1.40. The van der Waals surface area contributed by atoms with Crippen molar-refractivity contribution in [3.63, 3.8) is 0 Å². The minimum Gasteiger partial charge on any atom is -0.438 e. The van der Waals surface area contributed by atoms with E-state index < -0.39 is 0 Å². The molecule has 1 aromatic rings. The van der Waals surface area contributed by atoms with Gasteiger partial charge >= 0.3 is 0 Å². The van der Waals surface area contributed by atoms with Crippen LogP contribution in [0.25, 0.3) is 0 Å². The highest BCUT2D eigenvalue weighted by Gasteiger charge is 2.54. The van der Waals surface area contributed by atoms with Gasteiger partial charge in [-0.05, 0) is 26.2 Å². The van der Waals surface area contributed by atoms with Crippen molar-refractivity contribution in [1.29, 1.82) is 0 Å². The molecule has 1 saturated carbocycles. The van der Waals surface area contributed by atoms with Crippen LogP contribution < -0.4 is 5.73 Å². The molecule has 4 atom stereocenters. The SMILES string of the molecule is Cc1ncoc1C(=O)N1[C@@H](CN)C[C@@]2(C)[C@H](O)CCCC[C@@H]12. The van der Waals surface area contributed by atoms with Crippen molar-refractivity contribution in [2.45, 2.75) is 64.1 Å². The lowest BCUT2D eigenvalue weighted by Gasteiger charge is -2.37. The first-order valence-corrected chi connectivity index (χ1v) is 8.10. The lowest BCUT2D eigenvalue weighted by atomic mass is 9.75. The lowest BCUT2D eigenvalue weighted by Crippen LogP contribution is -2.48. The Balaban J connectivity index is 1.97. The number of aromatic nitrogens is 1. The summed E-state index contributed by atoms with van der Waals surface area (Å²) < 4.78 is 5.30. The van der Waals surface area contributed by atoms with Crippen molar-refractivity contribution in [3.8, 4) is 0 Å². The summed E-state index contributed by atoms with van der Waals surface area (Å²) in [4.78, 5) is 18.9. The summed E-state index contributed by atoms with van der Waals surface area (Å²) in [6.45, 7) is 4.26. The smallest absolute Gasteiger partial charge is 0.292 e. The van der Waals surface area contributed by atoms with Gasteiger partial charge in [0.1, 0.15) is 0 Å². The largest absolute Gasteiger partial charge is 0.438 e. The van der Waals surface area contributed by atoms with Crippen LogP contribution in [0.15, 0.2) is 10.8 Å². The van der Waals surface area contributed by atoms with Gasteiger partial charge in [0, 0.05) is 24.0 Å². The minimum absolute atomic E-state index is 0.00977. The maximum atomic E-state index is 13.0. The number of oxazole rings is 1. The average molecular weight is 307 g/mol. The van der Waals surface area contributed by atoms with Crippen LogP contribution >= 0.6 is 0 Å². The fourth-order valence-corrected chi connectivity index (χ4v) is 4.28. The molecule has 6 heteroatoms. The summed E-state index contributed by atoms with van der Waals surface area (Å²) >= 11 is 0. The first-order valence-electron chi connectivity index (χ1n) is 8.10. The van der Waals surface area contributed by atoms with Crippen LogP contribution in [0.1, 0.15) is 55.3 Å². The number of amides is 1. The molecular formula is C16H25N3O3. The van der Waals surface area contributed by atoms with Crippen LogP contribution in [-0.4, -0.2) is 45.6 Å². The van der Waals surface area contributed by atoms with E-state index in [9.17, 15) is 9.90 Å². The monoisotopic (exact) mass is 307 g/mol. The van der Waals surface area contributed by atoms with Gasteiger partial charge in [-0.25, -0.2) is 4.98 Å². The van der Waals surface area contributed by atoms with E-state index in [1.54, 1.807) is 6.92 Å². The summed E-state index contributed by atoms with van der Waals surface area (Å²) in [6, 6.07) is -0.0460. The van der Waals surface area contributed by atoms with Gasteiger partial charge in [0.05, 0.1) is 11.8 Å². The highest BCUT2D eigenvalue weighted by Crippen LogP contribution is 2.48. The number of hydrogen-bond acceptors (Lipinski definition) is 5. The van der Waals surface area contributed by atoms with Gasteiger partial charge in [-0.1, -0.05) is 19.8 Å². The lowest BCUT2D eigenvalue weighted by molar-refractivity contribution is 0.0114. The van der Waals surface area contributed by atoms with E-state index in [-0.39, 0.29) is 29.5 Å². The fraction of sp³-hybridized carbons (Fsp3) is 0.750. The second-order valence-electron chi connectivity index (χ2n) is 6.89. The van der Waals surface area contributed by atoms with Crippen molar-refractivity contribution in [1.82, 2.24) is 9.88 Å². The van der Waals surface area contributed by atoms with Crippen LogP contribution in [0.3, 0.4) is 0 Å². The highest BCUT2D eigenvalue weighted by molar-refractivity contribution is 5.93. The number of aliphatic hydroxyl groups is 1. The third-order valence-corrected chi connectivity index (χ3v) is 5.58. The summed E-state index contributed by atoms with van der Waals surface area (Å²) in [7, 11) is 0. The van der Waals surface area contributed by atoms with Crippen molar-refractivity contribution >= 4 is 5.91 Å². The zero-order valence-corrected chi connectivity index (χ0v) is 13.3. The van der Waals surface area contributed by atoms with Gasteiger partial charge in [0.2, 0.25) is 5.76 Å². The number of fused-ring (bicyclic) bond motifs is 1. The van der Waals surface area contributed by atoms with Gasteiger partial charge in [-0.3, -0.25) is 4.79 Å². The number of hydrogen-bond donors (Lipinski definition) is 2. The van der Waals surface area contributed by atoms with Crippen LogP contribution in [0, 0.1) is 12.3 Å². The third-order valence-electron chi connectivity index (χ3n) is 5.58. The summed E-state index contributed by atoms with van der Waals surface area (Å²) in [6.07, 6.45) is 5.39. The minimum atomic E-state index is -0.386. The van der Waals surface area contributed by atoms with E-state index in [2.05, 4.69) is 11.9 Å². The van der Waals surface area contributed by atoms with Crippen molar-refractivity contribution in [2.24, 2.45) is 11.1 Å². The molecule has 3 rings (SSSR count). The molecule has 2 fully saturated rings. The van der Waals surface area contributed by atoms with E-state index in [0.29, 0.717) is 18.0 Å². The second kappa shape index (κ2) is 5.66. The first kappa shape index (κ1) is 15.5. The molecule has 22 heavy (non-hydrogen) atoms. The quantitative estimate of drug-likeness (QED) is 0.863. The molecule has 0 aromatic carbocycles. The molecule has 0 radical (unpaired) electrons. The highest BCUT2D eigenvalue weighted by atomic mass is 16.3. The Morgan fingerprint density at radius 1 is 1.55 bits per heavy atom. The van der Waals surface area contributed by atoms with E-state index in [1.165, 1.54) is 6.39 Å². The standard InChI is InChI=1S/C16H25N3O3/c1-10-14(22-9-18-10)15(21)19-11(8-17)7-16(2)12(19)5-3-4-6-13(16)20/h9,11-13,20H,3-8,17H2,1-2H3/t11-,12-,13-,16-/m1/s1. The maximum absolute atomic E-state index is 13.0. The fourth-order valence-electron chi connectivity index (χ4n) is 4.28. The summed E-state index contributed by atoms with van der Waals surface area (Å²) in [5.41, 5.74) is 6.24. The second-order valence-corrected chi connectivity index (χ2v) is 6.89. The molecule has 3 N–H and O–H groups in total. The van der Waals surface area contributed by atoms with Crippen LogP contribution in [0.5, 0.6) is 0 Å². The Bertz CT molecular complexity index is 559. The molecule has 1 saturated heterocycles. The molecule has 6 nitrogen and oxygen atoms in total. The summed E-state index contributed by atoms with van der Waals surface area (Å²) in [5, 5.41) is 10.6. The van der Waals surface area contributed by atoms with Crippen LogP contribution in [0.2, 0.25) is 0 Å². The molecule has 1 aliphatic carbocycles. The molecule has 0 bridgehead atoms. The van der Waals surface area contributed by atoms with E-state index in [0.717, 1.165) is 32.1 Å². The molecule has 1 aliphatic heterocycles. The molecule has 1 amide bonds. The number of likely N-dealkylation sites (tertiary alicyclic amines) is 1.